The molecular weight excluding hydrogens is 354 g/mol. The highest BCUT2D eigenvalue weighted by Gasteiger charge is 2.31. The van der Waals surface area contributed by atoms with Crippen LogP contribution in [0, 0.1) is 0 Å². The topological polar surface area (TPSA) is 71.3 Å². The first-order valence-corrected chi connectivity index (χ1v) is 9.68. The van der Waals surface area contributed by atoms with Crippen LogP contribution in [0.25, 0.3) is 10.8 Å². The maximum absolute atomic E-state index is 13.1. The van der Waals surface area contributed by atoms with Crippen LogP contribution in [0.3, 0.4) is 0 Å². The van der Waals surface area contributed by atoms with E-state index >= 15 is 0 Å². The number of fused-ring (bicyclic) bond motifs is 1. The average Bonchev–Trinajstić information content (AvgIpc) is 3.47. The number of aromatic nitrogens is 3. The molecule has 3 aromatic rings. The zero-order valence-electron chi connectivity index (χ0n) is 15.5. The van der Waals surface area contributed by atoms with Crippen molar-refractivity contribution in [3.8, 4) is 0 Å². The van der Waals surface area contributed by atoms with E-state index in [1.54, 1.807) is 17.3 Å². The largest absolute Gasteiger partial charge is 0.335 e. The minimum Gasteiger partial charge on any atom is -0.335 e. The van der Waals surface area contributed by atoms with Crippen LogP contribution in [0.4, 0.5) is 5.69 Å². The number of nitrogens with zero attached hydrogens (tertiary/aromatic N) is 5. The molecule has 0 radical (unpaired) electrons. The monoisotopic (exact) mass is 375 g/mol. The van der Waals surface area contributed by atoms with Crippen molar-refractivity contribution in [3.63, 3.8) is 0 Å². The Labute approximate surface area is 162 Å². The molecule has 2 aliphatic rings. The Balaban J connectivity index is 1.34. The normalized spacial score (nSPS) is 19.7. The fourth-order valence-electron chi connectivity index (χ4n) is 4.17. The highest BCUT2D eigenvalue weighted by molar-refractivity contribution is 6.05. The van der Waals surface area contributed by atoms with Gasteiger partial charge in [-0.3, -0.25) is 19.3 Å². The van der Waals surface area contributed by atoms with Crippen molar-refractivity contribution < 1.29 is 9.59 Å². The van der Waals surface area contributed by atoms with Gasteiger partial charge < -0.3 is 9.80 Å². The van der Waals surface area contributed by atoms with Gasteiger partial charge in [0.2, 0.25) is 5.91 Å². The number of amides is 2. The van der Waals surface area contributed by atoms with Gasteiger partial charge in [-0.15, -0.1) is 0 Å². The SMILES string of the molecule is O=C(c1nccc2ccccc12)N1CCC(n2cc(N3CCCC3=O)cn2)C1. The summed E-state index contributed by atoms with van der Waals surface area (Å²) < 4.78 is 1.89. The van der Waals surface area contributed by atoms with Crippen molar-refractivity contribution in [1.82, 2.24) is 19.7 Å². The van der Waals surface area contributed by atoms with E-state index in [9.17, 15) is 9.59 Å². The van der Waals surface area contributed by atoms with Gasteiger partial charge in [-0.1, -0.05) is 24.3 Å². The second kappa shape index (κ2) is 6.74. The summed E-state index contributed by atoms with van der Waals surface area (Å²) >= 11 is 0. The molecule has 0 saturated carbocycles. The summed E-state index contributed by atoms with van der Waals surface area (Å²) in [4.78, 5) is 33.0. The van der Waals surface area contributed by atoms with Gasteiger partial charge in [0, 0.05) is 43.8 Å². The van der Waals surface area contributed by atoms with Gasteiger partial charge in [-0.25, -0.2) is 0 Å². The minimum atomic E-state index is -0.0404. The van der Waals surface area contributed by atoms with Gasteiger partial charge in [0.1, 0.15) is 5.69 Å². The number of carbonyl (C=O) groups excluding carboxylic acids is 2. The summed E-state index contributed by atoms with van der Waals surface area (Å²) in [6.07, 6.45) is 7.71. The zero-order valence-corrected chi connectivity index (χ0v) is 15.5. The first kappa shape index (κ1) is 16.9. The molecule has 4 heterocycles. The maximum Gasteiger partial charge on any atom is 0.273 e. The van der Waals surface area contributed by atoms with Crippen molar-refractivity contribution in [2.75, 3.05) is 24.5 Å². The van der Waals surface area contributed by atoms with E-state index in [0.29, 0.717) is 25.2 Å². The molecule has 2 aromatic heterocycles. The fraction of sp³-hybridized carbons (Fsp3) is 0.333. The highest BCUT2D eigenvalue weighted by atomic mass is 16.2. The summed E-state index contributed by atoms with van der Waals surface area (Å²) in [5.41, 5.74) is 1.35. The van der Waals surface area contributed by atoms with Gasteiger partial charge in [0.05, 0.1) is 17.9 Å². The number of rotatable bonds is 3. The number of hydrogen-bond donors (Lipinski definition) is 0. The standard InChI is InChI=1S/C21H21N5O2/c27-19-6-3-10-25(19)17-12-23-26(14-17)16-8-11-24(13-16)21(28)20-18-5-2-1-4-15(18)7-9-22-20/h1-2,4-5,7,9,12,14,16H,3,6,8,10-11,13H2. The molecule has 1 atom stereocenters. The number of hydrogen-bond acceptors (Lipinski definition) is 4. The van der Waals surface area contributed by atoms with Crippen molar-refractivity contribution in [2.24, 2.45) is 0 Å². The van der Waals surface area contributed by atoms with Crippen LogP contribution in [0.2, 0.25) is 0 Å². The summed E-state index contributed by atoms with van der Waals surface area (Å²) in [5, 5.41) is 6.36. The number of likely N-dealkylation sites (tertiary alicyclic amines) is 1. The summed E-state index contributed by atoms with van der Waals surface area (Å²) in [7, 11) is 0. The lowest BCUT2D eigenvalue weighted by molar-refractivity contribution is -0.117. The van der Waals surface area contributed by atoms with E-state index in [-0.39, 0.29) is 17.9 Å². The molecule has 5 rings (SSSR count). The number of pyridine rings is 1. The van der Waals surface area contributed by atoms with E-state index < -0.39 is 0 Å². The molecular formula is C21H21N5O2. The van der Waals surface area contributed by atoms with Gasteiger partial charge in [0.15, 0.2) is 0 Å². The first-order chi connectivity index (χ1) is 13.7. The molecule has 0 spiro atoms. The van der Waals surface area contributed by atoms with E-state index in [1.165, 1.54) is 0 Å². The molecule has 28 heavy (non-hydrogen) atoms. The molecule has 2 fully saturated rings. The lowest BCUT2D eigenvalue weighted by Crippen LogP contribution is -2.30. The molecule has 0 N–H and O–H groups in total. The molecule has 7 nitrogen and oxygen atoms in total. The third kappa shape index (κ3) is 2.83. The lowest BCUT2D eigenvalue weighted by atomic mass is 10.1. The Kier molecular flexibility index (Phi) is 4.07. The Hall–Kier alpha value is -3.22. The molecule has 0 bridgehead atoms. The third-order valence-electron chi connectivity index (χ3n) is 5.67. The summed E-state index contributed by atoms with van der Waals surface area (Å²) in [6.45, 7) is 2.03. The van der Waals surface area contributed by atoms with Gasteiger partial charge in [0.25, 0.3) is 5.91 Å². The molecule has 0 aliphatic carbocycles. The van der Waals surface area contributed by atoms with Crippen molar-refractivity contribution in [1.29, 1.82) is 0 Å². The molecule has 7 heteroatoms. The van der Waals surface area contributed by atoms with Gasteiger partial charge >= 0.3 is 0 Å². The van der Waals surface area contributed by atoms with Crippen LogP contribution in [0.1, 0.15) is 35.8 Å². The van der Waals surface area contributed by atoms with Gasteiger partial charge in [-0.2, -0.15) is 5.10 Å². The summed E-state index contributed by atoms with van der Waals surface area (Å²) in [5.74, 6) is 0.117. The first-order valence-electron chi connectivity index (χ1n) is 9.68. The third-order valence-corrected chi connectivity index (χ3v) is 5.67. The lowest BCUT2D eigenvalue weighted by Gasteiger charge is -2.17. The quantitative estimate of drug-likeness (QED) is 0.706. The van der Waals surface area contributed by atoms with Crippen LogP contribution in [0.5, 0.6) is 0 Å². The fourth-order valence-corrected chi connectivity index (χ4v) is 4.17. The van der Waals surface area contributed by atoms with E-state index in [1.807, 2.05) is 46.1 Å². The smallest absolute Gasteiger partial charge is 0.273 e. The predicted octanol–water partition coefficient (Wildman–Crippen LogP) is 2.65. The van der Waals surface area contributed by atoms with Crippen LogP contribution in [0.15, 0.2) is 48.9 Å². The van der Waals surface area contributed by atoms with E-state index in [2.05, 4.69) is 10.1 Å². The number of carbonyl (C=O) groups is 2. The number of benzene rings is 1. The molecule has 2 saturated heterocycles. The Morgan fingerprint density at radius 2 is 2.04 bits per heavy atom. The minimum absolute atomic E-state index is 0.0404. The van der Waals surface area contributed by atoms with Crippen LogP contribution < -0.4 is 4.90 Å². The van der Waals surface area contributed by atoms with Crippen LogP contribution in [-0.2, 0) is 4.79 Å². The van der Waals surface area contributed by atoms with E-state index in [0.717, 1.165) is 35.8 Å². The van der Waals surface area contributed by atoms with Crippen molar-refractivity contribution in [3.05, 3.63) is 54.6 Å². The molecule has 142 valence electrons. The summed E-state index contributed by atoms with van der Waals surface area (Å²) in [6, 6.07) is 9.86. The molecule has 2 amide bonds. The van der Waals surface area contributed by atoms with Gasteiger partial charge in [-0.05, 0) is 24.3 Å². The number of anilines is 1. The maximum atomic E-state index is 13.1. The van der Waals surface area contributed by atoms with Crippen molar-refractivity contribution >= 4 is 28.3 Å². The van der Waals surface area contributed by atoms with E-state index in [4.69, 9.17) is 0 Å². The average molecular weight is 375 g/mol. The molecule has 2 aliphatic heterocycles. The van der Waals surface area contributed by atoms with Crippen molar-refractivity contribution in [2.45, 2.75) is 25.3 Å². The van der Waals surface area contributed by atoms with Crippen LogP contribution in [-0.4, -0.2) is 51.1 Å². The Morgan fingerprint density at radius 3 is 2.89 bits per heavy atom. The second-order valence-electron chi connectivity index (χ2n) is 7.40. The molecule has 1 aromatic carbocycles. The predicted molar refractivity (Wildman–Crippen MR) is 105 cm³/mol. The zero-order chi connectivity index (χ0) is 19.1. The Morgan fingerprint density at radius 1 is 1.14 bits per heavy atom. The molecule has 1 unspecified atom stereocenters. The second-order valence-corrected chi connectivity index (χ2v) is 7.40. The Bertz CT molecular complexity index is 1050. The highest BCUT2D eigenvalue weighted by Crippen LogP contribution is 2.27. The van der Waals surface area contributed by atoms with Crippen LogP contribution >= 0.6 is 0 Å².